The Labute approximate surface area is 172 Å². The Kier molecular flexibility index (Phi) is 5.75. The summed E-state index contributed by atoms with van der Waals surface area (Å²) >= 11 is 0. The molecule has 1 heterocycles. The van der Waals surface area contributed by atoms with Crippen LogP contribution in [0.25, 0.3) is 0 Å². The van der Waals surface area contributed by atoms with E-state index in [1.54, 1.807) is 0 Å². The Morgan fingerprint density at radius 2 is 1.31 bits per heavy atom. The van der Waals surface area contributed by atoms with Crippen molar-refractivity contribution < 1.29 is 0 Å². The molecule has 1 aromatic heterocycles. The van der Waals surface area contributed by atoms with E-state index in [0.29, 0.717) is 11.9 Å². The summed E-state index contributed by atoms with van der Waals surface area (Å²) in [7, 11) is -2.25. The first-order valence-corrected chi connectivity index (χ1v) is 12.9. The molecular weight excluding hydrogens is 378 g/mol. The fraction of sp³-hybridized carbons (Fsp3) is 0.348. The molecule has 29 heavy (non-hydrogen) atoms. The van der Waals surface area contributed by atoms with E-state index in [1.165, 1.54) is 9.25 Å². The van der Waals surface area contributed by atoms with Crippen molar-refractivity contribution in [3.63, 3.8) is 0 Å². The van der Waals surface area contributed by atoms with Crippen LogP contribution in [0.15, 0.2) is 70.3 Å². The van der Waals surface area contributed by atoms with Crippen LogP contribution in [0.4, 0.5) is 0 Å². The first kappa shape index (κ1) is 21.0. The number of hydrogen-bond acceptors (Lipinski definition) is 3. The molecule has 0 saturated carbocycles. The Morgan fingerprint density at radius 3 is 1.79 bits per heavy atom. The number of benzene rings is 2. The monoisotopic (exact) mass is 407 g/mol. The molecule has 0 N–H and O–H groups in total. The van der Waals surface area contributed by atoms with E-state index in [-0.39, 0.29) is 22.8 Å². The fourth-order valence-electron chi connectivity index (χ4n) is 3.07. The first-order valence-electron chi connectivity index (χ1n) is 9.91. The maximum atomic E-state index is 13.4. The average Bonchev–Trinajstić information content (AvgIpc) is 2.68. The van der Waals surface area contributed by atoms with Crippen LogP contribution in [0, 0.1) is 0 Å². The Bertz CT molecular complexity index is 1090. The van der Waals surface area contributed by atoms with Crippen LogP contribution in [0.3, 0.4) is 0 Å². The van der Waals surface area contributed by atoms with Gasteiger partial charge in [0.2, 0.25) is 0 Å². The summed E-state index contributed by atoms with van der Waals surface area (Å²) in [6, 6.07) is 19.4. The highest BCUT2D eigenvalue weighted by Gasteiger charge is 2.41. The second-order valence-electron chi connectivity index (χ2n) is 9.03. The predicted molar refractivity (Wildman–Crippen MR) is 121 cm³/mol. The van der Waals surface area contributed by atoms with E-state index in [4.69, 9.17) is 0 Å². The second-order valence-corrected chi connectivity index (χ2v) is 14.2. The van der Waals surface area contributed by atoms with E-state index in [1.807, 2.05) is 60.7 Å². The third-order valence-corrected chi connectivity index (χ3v) is 11.2. The Morgan fingerprint density at radius 1 is 0.828 bits per heavy atom. The van der Waals surface area contributed by atoms with Crippen LogP contribution in [0.1, 0.15) is 31.9 Å². The van der Waals surface area contributed by atoms with E-state index in [9.17, 15) is 9.59 Å². The summed E-state index contributed by atoms with van der Waals surface area (Å²) in [5, 5.41) is 5.12. The molecule has 0 bridgehead atoms. The SMILES string of the molecule is CC(C)(C)[Si](C)(C)c1nn(Cc2ccccc2)c(=O)n(Cc2ccccc2)c1=O. The minimum atomic E-state index is -2.25. The van der Waals surface area contributed by atoms with Crippen LogP contribution in [0.2, 0.25) is 18.1 Å². The molecule has 0 spiro atoms. The highest BCUT2D eigenvalue weighted by molar-refractivity contribution is 6.91. The first-order chi connectivity index (χ1) is 13.6. The number of aromatic nitrogens is 3. The van der Waals surface area contributed by atoms with Gasteiger partial charge >= 0.3 is 5.69 Å². The summed E-state index contributed by atoms with van der Waals surface area (Å²) in [4.78, 5) is 26.6. The molecule has 0 amide bonds. The molecule has 0 atom stereocenters. The van der Waals surface area contributed by atoms with E-state index < -0.39 is 8.07 Å². The summed E-state index contributed by atoms with van der Waals surface area (Å²) in [5.74, 6) is 0. The van der Waals surface area contributed by atoms with Gasteiger partial charge in [-0.3, -0.25) is 9.36 Å². The van der Waals surface area contributed by atoms with Crippen LogP contribution >= 0.6 is 0 Å². The maximum absolute atomic E-state index is 13.4. The molecule has 6 heteroatoms. The molecule has 0 aliphatic rings. The highest BCUT2D eigenvalue weighted by atomic mass is 28.3. The van der Waals surface area contributed by atoms with Gasteiger partial charge < -0.3 is 0 Å². The predicted octanol–water partition coefficient (Wildman–Crippen LogP) is 3.22. The average molecular weight is 408 g/mol. The molecular formula is C23H29N3O2Si. The number of nitrogens with zero attached hydrogens (tertiary/aromatic N) is 3. The van der Waals surface area contributed by atoms with Crippen LogP contribution in [-0.4, -0.2) is 22.4 Å². The van der Waals surface area contributed by atoms with Gasteiger partial charge in [-0.25, -0.2) is 9.48 Å². The van der Waals surface area contributed by atoms with Crippen molar-refractivity contribution in [2.45, 2.75) is 52.0 Å². The van der Waals surface area contributed by atoms with Crippen molar-refractivity contribution in [1.82, 2.24) is 14.3 Å². The van der Waals surface area contributed by atoms with Crippen molar-refractivity contribution in [3.05, 3.63) is 92.6 Å². The van der Waals surface area contributed by atoms with Gasteiger partial charge in [-0.2, -0.15) is 5.10 Å². The zero-order valence-corrected chi connectivity index (χ0v) is 18.8. The minimum Gasteiger partial charge on any atom is -0.268 e. The molecule has 3 aromatic rings. The number of rotatable bonds is 5. The molecule has 3 rings (SSSR count). The lowest BCUT2D eigenvalue weighted by Crippen LogP contribution is -2.63. The van der Waals surface area contributed by atoms with E-state index in [2.05, 4.69) is 39.0 Å². The third kappa shape index (κ3) is 4.32. The molecule has 0 aliphatic carbocycles. The van der Waals surface area contributed by atoms with Crippen molar-refractivity contribution in [2.24, 2.45) is 0 Å². The minimum absolute atomic E-state index is 0.0707. The van der Waals surface area contributed by atoms with Gasteiger partial charge in [0, 0.05) is 0 Å². The van der Waals surface area contributed by atoms with Gasteiger partial charge in [0.25, 0.3) is 5.56 Å². The largest absolute Gasteiger partial charge is 0.348 e. The Hall–Kier alpha value is -2.73. The molecule has 0 aliphatic heterocycles. The van der Waals surface area contributed by atoms with Crippen LogP contribution < -0.4 is 16.6 Å². The van der Waals surface area contributed by atoms with Crippen molar-refractivity contribution in [3.8, 4) is 0 Å². The van der Waals surface area contributed by atoms with Gasteiger partial charge in [0.15, 0.2) is 0 Å². The standard InChI is InChI=1S/C23H29N3O2Si/c1-23(2,3)29(4,5)20-21(27)25(16-18-12-8-6-9-13-18)22(28)26(24-20)17-19-14-10-7-11-15-19/h6-15H,16-17H2,1-5H3. The lowest BCUT2D eigenvalue weighted by atomic mass is 10.2. The van der Waals surface area contributed by atoms with E-state index in [0.717, 1.165) is 11.1 Å². The van der Waals surface area contributed by atoms with Gasteiger partial charge in [-0.15, -0.1) is 0 Å². The lowest BCUT2D eigenvalue weighted by Gasteiger charge is -2.35. The zero-order chi connectivity index (χ0) is 21.2. The lowest BCUT2D eigenvalue weighted by molar-refractivity contribution is 0.548. The van der Waals surface area contributed by atoms with Gasteiger partial charge in [-0.1, -0.05) is 94.5 Å². The van der Waals surface area contributed by atoms with Gasteiger partial charge in [0.1, 0.15) is 13.4 Å². The van der Waals surface area contributed by atoms with Crippen molar-refractivity contribution in [2.75, 3.05) is 0 Å². The normalized spacial score (nSPS) is 12.2. The molecule has 5 nitrogen and oxygen atoms in total. The smallest absolute Gasteiger partial charge is 0.268 e. The summed E-state index contributed by atoms with van der Waals surface area (Å²) in [6.07, 6.45) is 0. The summed E-state index contributed by atoms with van der Waals surface area (Å²) < 4.78 is 2.80. The molecule has 2 aromatic carbocycles. The van der Waals surface area contributed by atoms with Crippen molar-refractivity contribution >= 4 is 13.4 Å². The van der Waals surface area contributed by atoms with Gasteiger partial charge in [-0.05, 0) is 16.2 Å². The zero-order valence-electron chi connectivity index (χ0n) is 17.8. The molecule has 0 saturated heterocycles. The third-order valence-electron chi connectivity index (χ3n) is 5.95. The van der Waals surface area contributed by atoms with Gasteiger partial charge in [0.05, 0.1) is 13.1 Å². The molecule has 0 fully saturated rings. The summed E-state index contributed by atoms with van der Waals surface area (Å²) in [5.41, 5.74) is 1.28. The van der Waals surface area contributed by atoms with E-state index >= 15 is 0 Å². The number of hydrogen-bond donors (Lipinski definition) is 0. The molecule has 0 radical (unpaired) electrons. The summed E-state index contributed by atoms with van der Waals surface area (Å²) in [6.45, 7) is 11.3. The molecule has 152 valence electrons. The Balaban J connectivity index is 2.21. The quantitative estimate of drug-likeness (QED) is 0.610. The maximum Gasteiger partial charge on any atom is 0.348 e. The molecule has 0 unspecified atom stereocenters. The highest BCUT2D eigenvalue weighted by Crippen LogP contribution is 2.34. The topological polar surface area (TPSA) is 56.9 Å². The van der Waals surface area contributed by atoms with Crippen LogP contribution in [0.5, 0.6) is 0 Å². The van der Waals surface area contributed by atoms with Crippen LogP contribution in [-0.2, 0) is 13.1 Å². The second kappa shape index (κ2) is 7.95. The fourth-order valence-corrected chi connectivity index (χ4v) is 4.82. The van der Waals surface area contributed by atoms with Crippen molar-refractivity contribution in [1.29, 1.82) is 0 Å².